The lowest BCUT2D eigenvalue weighted by atomic mass is 10.2. The summed E-state index contributed by atoms with van der Waals surface area (Å²) in [6, 6.07) is 3.10. The summed E-state index contributed by atoms with van der Waals surface area (Å²) in [5, 5.41) is 47.4. The zero-order valence-electron chi connectivity index (χ0n) is 13.2. The molecule has 0 spiro atoms. The fourth-order valence-corrected chi connectivity index (χ4v) is 2.71. The van der Waals surface area contributed by atoms with Crippen LogP contribution >= 0.6 is 0 Å². The SMILES string of the molecule is N#[N+]N=c1cc(N=[N+]=[N-])nc2n3c4cc([N+](=O)[O-])cc([N+](=O)[O-])c4[nH]n3nc1-2. The fraction of sp³-hybridized carbons (Fsp3) is 0. The smallest absolute Gasteiger partial charge is 0.258 e. The minimum absolute atomic E-state index is 0.00616. The Bertz CT molecular complexity index is 1440. The van der Waals surface area contributed by atoms with Crippen molar-refractivity contribution in [3.05, 3.63) is 59.3 Å². The molecule has 28 heavy (non-hydrogen) atoms. The molecule has 0 atom stereocenters. The Kier molecular flexibility index (Phi) is 3.34. The number of hydrogen-bond acceptors (Lipinski definition) is 9. The van der Waals surface area contributed by atoms with Gasteiger partial charge in [-0.25, -0.2) is 4.98 Å². The number of nitro groups is 2. The van der Waals surface area contributed by atoms with Gasteiger partial charge in [0.2, 0.25) is 0 Å². The molecule has 0 saturated carbocycles. The molecule has 0 saturated heterocycles. The quantitative estimate of drug-likeness (QED) is 0.138. The number of aromatic nitrogens is 5. The average molecular weight is 382 g/mol. The Morgan fingerprint density at radius 2 is 2.04 bits per heavy atom. The van der Waals surface area contributed by atoms with Crippen LogP contribution in [0.1, 0.15) is 0 Å². The minimum atomic E-state index is -0.780. The summed E-state index contributed by atoms with van der Waals surface area (Å²) < 4.78 is 2.23. The molecule has 2 aliphatic heterocycles. The van der Waals surface area contributed by atoms with Gasteiger partial charge in [-0.1, -0.05) is 4.74 Å². The van der Waals surface area contributed by atoms with Crippen molar-refractivity contribution in [2.45, 2.75) is 0 Å². The van der Waals surface area contributed by atoms with E-state index in [0.29, 0.717) is 0 Å². The first-order valence-electron chi connectivity index (χ1n) is 7.15. The van der Waals surface area contributed by atoms with Crippen LogP contribution in [-0.2, 0) is 0 Å². The lowest BCUT2D eigenvalue weighted by Crippen LogP contribution is -2.08. The number of pyridine rings is 1. The van der Waals surface area contributed by atoms with Gasteiger partial charge >= 0.3 is 10.8 Å². The van der Waals surface area contributed by atoms with Gasteiger partial charge in [-0.15, -0.1) is 5.10 Å². The second-order valence-electron chi connectivity index (χ2n) is 5.24. The maximum absolute atomic E-state index is 11.3. The Hall–Kier alpha value is -5.10. The Labute approximate surface area is 150 Å². The van der Waals surface area contributed by atoms with E-state index in [1.165, 1.54) is 10.6 Å². The van der Waals surface area contributed by atoms with Crippen molar-refractivity contribution < 1.29 is 9.85 Å². The highest BCUT2D eigenvalue weighted by Crippen LogP contribution is 2.31. The number of non-ortho nitro benzene ring substituents is 2. The van der Waals surface area contributed by atoms with E-state index in [2.05, 4.69) is 35.4 Å². The van der Waals surface area contributed by atoms with Crippen LogP contribution in [0.2, 0.25) is 0 Å². The number of rotatable bonds is 3. The number of hydrogen-bond donors (Lipinski definition) is 1. The van der Waals surface area contributed by atoms with Crippen molar-refractivity contribution in [1.82, 2.24) is 24.4 Å². The van der Waals surface area contributed by atoms with Gasteiger partial charge in [0, 0.05) is 17.0 Å². The number of fused-ring (bicyclic) bond motifs is 5. The summed E-state index contributed by atoms with van der Waals surface area (Å²) in [5.74, 6) is -0.164. The first kappa shape index (κ1) is 16.4. The molecule has 0 amide bonds. The molecule has 0 bridgehead atoms. The van der Waals surface area contributed by atoms with E-state index in [0.717, 1.165) is 16.9 Å². The zero-order valence-corrected chi connectivity index (χ0v) is 13.2. The van der Waals surface area contributed by atoms with Crippen LogP contribution in [0, 0.1) is 25.6 Å². The van der Waals surface area contributed by atoms with Crippen molar-refractivity contribution in [2.75, 3.05) is 0 Å². The van der Waals surface area contributed by atoms with E-state index in [9.17, 15) is 20.2 Å². The van der Waals surface area contributed by atoms with E-state index in [-0.39, 0.29) is 33.7 Å². The fourth-order valence-electron chi connectivity index (χ4n) is 2.71. The summed E-state index contributed by atoms with van der Waals surface area (Å²) in [5.41, 5.74) is 7.60. The molecule has 4 rings (SSSR count). The molecule has 0 aliphatic carbocycles. The zero-order chi connectivity index (χ0) is 20.0. The summed E-state index contributed by atoms with van der Waals surface area (Å²) in [4.78, 5) is 27.6. The van der Waals surface area contributed by atoms with Gasteiger partial charge < -0.3 is 0 Å². The molecule has 0 radical (unpaired) electrons. The Morgan fingerprint density at radius 1 is 1.25 bits per heavy atom. The van der Waals surface area contributed by atoms with Crippen molar-refractivity contribution >= 4 is 28.2 Å². The normalized spacial score (nSPS) is 11.6. The van der Waals surface area contributed by atoms with Gasteiger partial charge in [0.05, 0.1) is 15.9 Å². The third-order valence-corrected chi connectivity index (χ3v) is 3.75. The average Bonchev–Trinajstić information content (AvgIpc) is 3.17. The molecule has 1 aromatic carbocycles. The number of aromatic amines is 1. The van der Waals surface area contributed by atoms with Crippen LogP contribution in [0.25, 0.3) is 38.1 Å². The van der Waals surface area contributed by atoms with E-state index < -0.39 is 21.2 Å². The predicted molar refractivity (Wildman–Crippen MR) is 87.7 cm³/mol. The molecular formula is C11H4N13O4+. The van der Waals surface area contributed by atoms with E-state index >= 15 is 0 Å². The molecule has 17 nitrogen and oxygen atoms in total. The highest BCUT2D eigenvalue weighted by Gasteiger charge is 2.27. The first-order valence-corrected chi connectivity index (χ1v) is 7.15. The van der Waals surface area contributed by atoms with Crippen LogP contribution in [0.15, 0.2) is 28.4 Å². The third-order valence-electron chi connectivity index (χ3n) is 3.75. The predicted octanol–water partition coefficient (Wildman–Crippen LogP) is 1.84. The summed E-state index contributed by atoms with van der Waals surface area (Å²) in [6.45, 7) is 0. The van der Waals surface area contributed by atoms with Crippen LogP contribution in [0.5, 0.6) is 0 Å². The van der Waals surface area contributed by atoms with Crippen LogP contribution in [0.4, 0.5) is 17.2 Å². The maximum atomic E-state index is 11.3. The van der Waals surface area contributed by atoms with Gasteiger partial charge in [0.1, 0.15) is 11.3 Å². The second kappa shape index (κ2) is 5.72. The molecule has 17 heteroatoms. The number of nitro benzene ring substituents is 2. The summed E-state index contributed by atoms with van der Waals surface area (Å²) in [7, 11) is 0. The van der Waals surface area contributed by atoms with Crippen LogP contribution in [0.3, 0.4) is 0 Å². The number of nitrogens with zero attached hydrogens (tertiary/aromatic N) is 12. The molecule has 1 N–H and O–H groups in total. The number of H-pyrrole nitrogens is 1. The summed E-state index contributed by atoms with van der Waals surface area (Å²) in [6.07, 6.45) is 0. The monoisotopic (exact) mass is 382 g/mol. The molecule has 136 valence electrons. The van der Waals surface area contributed by atoms with Crippen molar-refractivity contribution in [3.8, 4) is 11.5 Å². The second-order valence-corrected chi connectivity index (χ2v) is 5.24. The minimum Gasteiger partial charge on any atom is -0.258 e. The molecular weight excluding hydrogens is 378 g/mol. The van der Waals surface area contributed by atoms with Crippen molar-refractivity contribution in [3.63, 3.8) is 0 Å². The number of diazo groups is 1. The van der Waals surface area contributed by atoms with Crippen molar-refractivity contribution in [1.29, 1.82) is 5.39 Å². The highest BCUT2D eigenvalue weighted by atomic mass is 16.6. The molecule has 2 aromatic rings. The topological polar surface area (TPSA) is 226 Å². The number of benzene rings is 1. The third kappa shape index (κ3) is 2.23. The Balaban J connectivity index is 2.23. The Morgan fingerprint density at radius 3 is 2.68 bits per heavy atom. The lowest BCUT2D eigenvalue weighted by molar-refractivity contribution is -0.393. The molecule has 2 aliphatic rings. The van der Waals surface area contributed by atoms with Crippen molar-refractivity contribution in [2.24, 2.45) is 10.2 Å². The van der Waals surface area contributed by atoms with Gasteiger partial charge in [0.15, 0.2) is 27.5 Å². The van der Waals surface area contributed by atoms with E-state index in [1.54, 1.807) is 0 Å². The molecule has 0 unspecified atom stereocenters. The molecule has 1 aromatic heterocycles. The maximum Gasteiger partial charge on any atom is 0.339 e. The first-order chi connectivity index (χ1) is 13.4. The highest BCUT2D eigenvalue weighted by molar-refractivity contribution is 5.88. The van der Waals surface area contributed by atoms with Gasteiger partial charge in [0.25, 0.3) is 11.1 Å². The van der Waals surface area contributed by atoms with E-state index in [1.807, 2.05) is 0 Å². The van der Waals surface area contributed by atoms with Gasteiger partial charge in [-0.05, 0) is 10.6 Å². The summed E-state index contributed by atoms with van der Waals surface area (Å²) >= 11 is 0. The van der Waals surface area contributed by atoms with E-state index in [4.69, 9.17) is 10.9 Å². The van der Waals surface area contributed by atoms with Gasteiger partial charge in [-0.3, -0.25) is 25.3 Å². The molecule has 3 heterocycles. The number of azide groups is 1. The van der Waals surface area contributed by atoms with Crippen LogP contribution < -0.4 is 5.36 Å². The largest absolute Gasteiger partial charge is 0.339 e. The number of nitrogens with one attached hydrogen (secondary N) is 1. The lowest BCUT2D eigenvalue weighted by Gasteiger charge is -1.99. The molecule has 0 fully saturated rings. The standard InChI is InChI=1S/C11H4N13O4/c12-19-15-5-3-8(16-20-13)14-11-9(5)17-24-18-10-6(21(11)24)1-4(22(25)26)2-7(10)23(27)28/h1-3,18H/q+1. The van der Waals surface area contributed by atoms with Crippen LogP contribution in [-0.4, -0.2) is 34.3 Å². The van der Waals surface area contributed by atoms with Gasteiger partial charge in [-0.2, -0.15) is 4.52 Å².